The van der Waals surface area contributed by atoms with Crippen LogP contribution in [-0.2, 0) is 0 Å². The average molecular weight is 280 g/mol. The molecule has 1 saturated carbocycles. The fraction of sp³-hybridized carbons (Fsp3) is 0.647. The Morgan fingerprint density at radius 3 is 2.84 bits per heavy atom. The Morgan fingerprint density at radius 1 is 1.42 bits per heavy atom. The van der Waals surface area contributed by atoms with E-state index in [9.17, 15) is 0 Å². The molecule has 2 rings (SSSR count). The van der Waals surface area contributed by atoms with E-state index in [2.05, 4.69) is 38.2 Å². The van der Waals surface area contributed by atoms with Crippen LogP contribution in [0.25, 0.3) is 0 Å². The second kappa shape index (κ2) is 6.28. The second-order valence-corrected chi connectivity index (χ2v) is 7.08. The molecule has 1 nitrogen and oxygen atoms in total. The van der Waals surface area contributed by atoms with E-state index in [0.717, 1.165) is 11.4 Å². The van der Waals surface area contributed by atoms with Crippen LogP contribution in [0.5, 0.6) is 0 Å². The summed E-state index contributed by atoms with van der Waals surface area (Å²) in [5.74, 6) is 0. The van der Waals surface area contributed by atoms with Crippen LogP contribution in [0, 0.1) is 5.41 Å². The summed E-state index contributed by atoms with van der Waals surface area (Å²) in [6, 6.07) is 9.34. The zero-order valence-corrected chi connectivity index (χ0v) is 13.1. The van der Waals surface area contributed by atoms with Crippen molar-refractivity contribution >= 4 is 11.6 Å². The van der Waals surface area contributed by atoms with Crippen molar-refractivity contribution in [3.05, 3.63) is 34.9 Å². The molecule has 2 unspecified atom stereocenters. The Balaban J connectivity index is 2.03. The third-order valence-corrected chi connectivity index (χ3v) is 4.54. The van der Waals surface area contributed by atoms with Gasteiger partial charge in [-0.1, -0.05) is 50.9 Å². The molecular weight excluding hydrogens is 254 g/mol. The van der Waals surface area contributed by atoms with Crippen LogP contribution in [0.1, 0.15) is 64.5 Å². The normalized spacial score (nSPS) is 24.1. The SMILES string of the molecule is CCC(NC1CCCC(C)(C)C1)c1cccc(Cl)c1. The fourth-order valence-corrected chi connectivity index (χ4v) is 3.50. The molecule has 2 atom stereocenters. The van der Waals surface area contributed by atoms with Gasteiger partial charge in [0.15, 0.2) is 0 Å². The van der Waals surface area contributed by atoms with Gasteiger partial charge in [-0.25, -0.2) is 0 Å². The molecule has 1 aliphatic carbocycles. The predicted molar refractivity (Wildman–Crippen MR) is 83.7 cm³/mol. The number of benzene rings is 1. The van der Waals surface area contributed by atoms with Gasteiger partial charge in [-0.15, -0.1) is 0 Å². The summed E-state index contributed by atoms with van der Waals surface area (Å²) >= 11 is 6.11. The van der Waals surface area contributed by atoms with Crippen molar-refractivity contribution in [1.82, 2.24) is 5.32 Å². The lowest BCUT2D eigenvalue weighted by Gasteiger charge is -2.37. The molecule has 0 heterocycles. The van der Waals surface area contributed by atoms with E-state index in [1.165, 1.54) is 31.2 Å². The number of hydrogen-bond donors (Lipinski definition) is 1. The molecule has 0 radical (unpaired) electrons. The van der Waals surface area contributed by atoms with Gasteiger partial charge < -0.3 is 5.32 Å². The largest absolute Gasteiger partial charge is 0.307 e. The van der Waals surface area contributed by atoms with Crippen LogP contribution in [0.2, 0.25) is 5.02 Å². The standard InChI is InChI=1S/C17H26ClN/c1-4-16(13-7-5-8-14(18)11-13)19-15-9-6-10-17(2,3)12-15/h5,7-8,11,15-16,19H,4,6,9-10,12H2,1-3H3. The number of halogens is 1. The summed E-state index contributed by atoms with van der Waals surface area (Å²) in [6.45, 7) is 7.02. The minimum Gasteiger partial charge on any atom is -0.307 e. The highest BCUT2D eigenvalue weighted by Crippen LogP contribution is 2.36. The molecule has 106 valence electrons. The van der Waals surface area contributed by atoms with E-state index in [1.54, 1.807) is 0 Å². The van der Waals surface area contributed by atoms with E-state index >= 15 is 0 Å². The topological polar surface area (TPSA) is 12.0 Å². The van der Waals surface area contributed by atoms with Crippen molar-refractivity contribution in [1.29, 1.82) is 0 Å². The van der Waals surface area contributed by atoms with Crippen molar-refractivity contribution in [3.63, 3.8) is 0 Å². The fourth-order valence-electron chi connectivity index (χ4n) is 3.30. The number of rotatable bonds is 4. The van der Waals surface area contributed by atoms with Gasteiger partial charge in [0.25, 0.3) is 0 Å². The smallest absolute Gasteiger partial charge is 0.0409 e. The van der Waals surface area contributed by atoms with E-state index in [0.29, 0.717) is 17.5 Å². The second-order valence-electron chi connectivity index (χ2n) is 6.64. The van der Waals surface area contributed by atoms with Gasteiger partial charge in [0.05, 0.1) is 0 Å². The van der Waals surface area contributed by atoms with Gasteiger partial charge >= 0.3 is 0 Å². The molecule has 0 aliphatic heterocycles. The van der Waals surface area contributed by atoms with Crippen molar-refractivity contribution in [3.8, 4) is 0 Å². The van der Waals surface area contributed by atoms with Gasteiger partial charge in [-0.2, -0.15) is 0 Å². The molecular formula is C17H26ClN. The molecule has 0 bridgehead atoms. The average Bonchev–Trinajstić information content (AvgIpc) is 2.35. The molecule has 1 aliphatic rings. The minimum absolute atomic E-state index is 0.428. The molecule has 1 aromatic rings. The van der Waals surface area contributed by atoms with Crippen LogP contribution in [0.4, 0.5) is 0 Å². The van der Waals surface area contributed by atoms with E-state index < -0.39 is 0 Å². The maximum atomic E-state index is 6.11. The van der Waals surface area contributed by atoms with Gasteiger partial charge in [0, 0.05) is 17.1 Å². The highest BCUT2D eigenvalue weighted by molar-refractivity contribution is 6.30. The third-order valence-electron chi connectivity index (χ3n) is 4.30. The molecule has 1 fully saturated rings. The number of nitrogens with one attached hydrogen (secondary N) is 1. The van der Waals surface area contributed by atoms with Crippen LogP contribution in [0.3, 0.4) is 0 Å². The Labute approximate surface area is 122 Å². The first-order valence-corrected chi connectivity index (χ1v) is 7.89. The Kier molecular flexibility index (Phi) is 4.92. The molecule has 1 aromatic carbocycles. The molecule has 0 aromatic heterocycles. The number of hydrogen-bond acceptors (Lipinski definition) is 1. The quantitative estimate of drug-likeness (QED) is 0.783. The summed E-state index contributed by atoms with van der Waals surface area (Å²) in [4.78, 5) is 0. The van der Waals surface area contributed by atoms with Crippen LogP contribution in [-0.4, -0.2) is 6.04 Å². The predicted octanol–water partition coefficient (Wildman–Crippen LogP) is 5.35. The first kappa shape index (κ1) is 14.9. The van der Waals surface area contributed by atoms with Crippen molar-refractivity contribution in [2.45, 2.75) is 65.0 Å². The van der Waals surface area contributed by atoms with Gasteiger partial charge in [-0.3, -0.25) is 0 Å². The molecule has 0 amide bonds. The summed E-state index contributed by atoms with van der Waals surface area (Å²) in [6.07, 6.45) is 6.40. The third kappa shape index (κ3) is 4.22. The van der Waals surface area contributed by atoms with Crippen LogP contribution in [0.15, 0.2) is 24.3 Å². The van der Waals surface area contributed by atoms with Gasteiger partial charge in [0.2, 0.25) is 0 Å². The summed E-state index contributed by atoms with van der Waals surface area (Å²) < 4.78 is 0. The van der Waals surface area contributed by atoms with E-state index in [-0.39, 0.29) is 0 Å². The maximum Gasteiger partial charge on any atom is 0.0409 e. The van der Waals surface area contributed by atoms with Crippen molar-refractivity contribution in [2.75, 3.05) is 0 Å². The van der Waals surface area contributed by atoms with E-state index in [1.807, 2.05) is 12.1 Å². The minimum atomic E-state index is 0.428. The molecule has 0 spiro atoms. The first-order chi connectivity index (χ1) is 9.00. The van der Waals surface area contributed by atoms with Crippen LogP contribution >= 0.6 is 11.6 Å². The summed E-state index contributed by atoms with van der Waals surface area (Å²) in [5.41, 5.74) is 1.81. The lowest BCUT2D eigenvalue weighted by atomic mass is 9.75. The van der Waals surface area contributed by atoms with Gasteiger partial charge in [0.1, 0.15) is 0 Å². The summed E-state index contributed by atoms with van der Waals surface area (Å²) in [5, 5.41) is 4.68. The van der Waals surface area contributed by atoms with Crippen molar-refractivity contribution < 1.29 is 0 Å². The Hall–Kier alpha value is -0.530. The van der Waals surface area contributed by atoms with Crippen LogP contribution < -0.4 is 5.32 Å². The Bertz CT molecular complexity index is 413. The molecule has 2 heteroatoms. The summed E-state index contributed by atoms with van der Waals surface area (Å²) in [7, 11) is 0. The monoisotopic (exact) mass is 279 g/mol. The zero-order chi connectivity index (χ0) is 13.9. The van der Waals surface area contributed by atoms with Crippen molar-refractivity contribution in [2.24, 2.45) is 5.41 Å². The first-order valence-electron chi connectivity index (χ1n) is 7.52. The van der Waals surface area contributed by atoms with E-state index in [4.69, 9.17) is 11.6 Å². The lowest BCUT2D eigenvalue weighted by Crippen LogP contribution is -2.39. The van der Waals surface area contributed by atoms with Gasteiger partial charge in [-0.05, 0) is 48.8 Å². The molecule has 19 heavy (non-hydrogen) atoms. The Morgan fingerprint density at radius 2 is 2.21 bits per heavy atom. The lowest BCUT2D eigenvalue weighted by molar-refractivity contribution is 0.188. The maximum absolute atomic E-state index is 6.11. The highest BCUT2D eigenvalue weighted by atomic mass is 35.5. The molecule has 1 N–H and O–H groups in total. The highest BCUT2D eigenvalue weighted by Gasteiger charge is 2.29. The zero-order valence-electron chi connectivity index (χ0n) is 12.4. The molecule has 0 saturated heterocycles.